The van der Waals surface area contributed by atoms with Gasteiger partial charge in [0.15, 0.2) is 0 Å². The van der Waals surface area contributed by atoms with E-state index in [9.17, 15) is 24.5 Å². The third kappa shape index (κ3) is 5.25. The summed E-state index contributed by atoms with van der Waals surface area (Å²) in [6, 6.07) is 11.9. The van der Waals surface area contributed by atoms with Gasteiger partial charge in [-0.1, -0.05) is 23.8 Å². The van der Waals surface area contributed by atoms with Gasteiger partial charge in [-0.05, 0) is 32.0 Å². The van der Waals surface area contributed by atoms with Crippen LogP contribution in [0.15, 0.2) is 48.5 Å². The molecule has 1 aliphatic rings. The standard InChI is InChI=1S/C22H24N4O5/c1-15-6-8-17(9-7-15)22(29)25-12-10-24(11-13-25)21(28)16(2)23-20(27)18-4-3-5-19(14-18)26(30)31/h3-9,14,16H,10-13H2,1-2H3,(H,23,27). The Labute approximate surface area is 179 Å². The Balaban J connectivity index is 1.54. The zero-order valence-corrected chi connectivity index (χ0v) is 17.4. The molecule has 1 unspecified atom stereocenters. The van der Waals surface area contributed by atoms with Gasteiger partial charge in [0.25, 0.3) is 17.5 Å². The lowest BCUT2D eigenvalue weighted by atomic mass is 10.1. The Morgan fingerprint density at radius 1 is 0.968 bits per heavy atom. The molecule has 1 fully saturated rings. The van der Waals surface area contributed by atoms with Crippen molar-refractivity contribution in [2.24, 2.45) is 0 Å². The van der Waals surface area contributed by atoms with Gasteiger partial charge in [-0.15, -0.1) is 0 Å². The second kappa shape index (κ2) is 9.38. The fourth-order valence-electron chi connectivity index (χ4n) is 3.38. The molecule has 9 heteroatoms. The summed E-state index contributed by atoms with van der Waals surface area (Å²) in [5.41, 5.74) is 1.61. The molecule has 31 heavy (non-hydrogen) atoms. The van der Waals surface area contributed by atoms with E-state index in [4.69, 9.17) is 0 Å². The van der Waals surface area contributed by atoms with Gasteiger partial charge in [-0.25, -0.2) is 0 Å². The van der Waals surface area contributed by atoms with E-state index < -0.39 is 16.9 Å². The first-order valence-electron chi connectivity index (χ1n) is 9.96. The molecule has 2 aromatic carbocycles. The molecule has 1 saturated heterocycles. The average Bonchev–Trinajstić information content (AvgIpc) is 2.78. The summed E-state index contributed by atoms with van der Waals surface area (Å²) in [6.07, 6.45) is 0. The maximum atomic E-state index is 12.7. The number of nitrogens with zero attached hydrogens (tertiary/aromatic N) is 3. The van der Waals surface area contributed by atoms with Gasteiger partial charge < -0.3 is 15.1 Å². The maximum absolute atomic E-state index is 12.7. The molecule has 1 atom stereocenters. The number of carbonyl (C=O) groups is 3. The van der Waals surface area contributed by atoms with Crippen molar-refractivity contribution in [3.63, 3.8) is 0 Å². The summed E-state index contributed by atoms with van der Waals surface area (Å²) in [7, 11) is 0. The summed E-state index contributed by atoms with van der Waals surface area (Å²) in [6.45, 7) is 5.08. The molecule has 1 heterocycles. The molecule has 3 rings (SSSR count). The third-order valence-corrected chi connectivity index (χ3v) is 5.21. The van der Waals surface area contributed by atoms with Crippen molar-refractivity contribution in [1.82, 2.24) is 15.1 Å². The number of nitrogens with one attached hydrogen (secondary N) is 1. The lowest BCUT2D eigenvalue weighted by Crippen LogP contribution is -2.55. The summed E-state index contributed by atoms with van der Waals surface area (Å²) < 4.78 is 0. The van der Waals surface area contributed by atoms with Crippen LogP contribution in [-0.2, 0) is 4.79 Å². The van der Waals surface area contributed by atoms with Crippen LogP contribution in [0.2, 0.25) is 0 Å². The minimum absolute atomic E-state index is 0.0703. The maximum Gasteiger partial charge on any atom is 0.270 e. The zero-order chi connectivity index (χ0) is 22.5. The number of amides is 3. The van der Waals surface area contributed by atoms with Gasteiger partial charge in [0.05, 0.1) is 4.92 Å². The van der Waals surface area contributed by atoms with E-state index in [2.05, 4.69) is 5.32 Å². The minimum atomic E-state index is -0.800. The molecule has 162 valence electrons. The number of hydrogen-bond acceptors (Lipinski definition) is 5. The molecule has 3 amide bonds. The number of non-ortho nitro benzene ring substituents is 1. The number of carbonyl (C=O) groups excluding carboxylic acids is 3. The monoisotopic (exact) mass is 424 g/mol. The molecule has 0 spiro atoms. The number of benzene rings is 2. The van der Waals surface area contributed by atoms with Crippen LogP contribution in [0.3, 0.4) is 0 Å². The fraction of sp³-hybridized carbons (Fsp3) is 0.318. The van der Waals surface area contributed by atoms with Gasteiger partial charge in [-0.3, -0.25) is 24.5 Å². The molecule has 1 N–H and O–H groups in total. The first-order chi connectivity index (χ1) is 14.8. The Kier molecular flexibility index (Phi) is 6.64. The summed E-state index contributed by atoms with van der Waals surface area (Å²) in [4.78, 5) is 51.3. The summed E-state index contributed by atoms with van der Waals surface area (Å²) in [5, 5.41) is 13.5. The van der Waals surface area contributed by atoms with E-state index in [-0.39, 0.29) is 23.1 Å². The molecule has 9 nitrogen and oxygen atoms in total. The molecule has 0 saturated carbocycles. The van der Waals surface area contributed by atoms with Crippen molar-refractivity contribution in [2.75, 3.05) is 26.2 Å². The second-order valence-electron chi connectivity index (χ2n) is 7.49. The normalized spacial score (nSPS) is 14.6. The SMILES string of the molecule is Cc1ccc(C(=O)N2CCN(C(=O)C(C)NC(=O)c3cccc([N+](=O)[O-])c3)CC2)cc1. The van der Waals surface area contributed by atoms with E-state index in [1.165, 1.54) is 24.3 Å². The lowest BCUT2D eigenvalue weighted by Gasteiger charge is -2.36. The van der Waals surface area contributed by atoms with E-state index in [0.717, 1.165) is 5.56 Å². The van der Waals surface area contributed by atoms with Crippen LogP contribution in [-0.4, -0.2) is 64.7 Å². The Bertz CT molecular complexity index is 997. The smallest absolute Gasteiger partial charge is 0.270 e. The van der Waals surface area contributed by atoms with Gasteiger partial charge in [0.2, 0.25) is 5.91 Å². The van der Waals surface area contributed by atoms with Crippen LogP contribution in [0.5, 0.6) is 0 Å². The van der Waals surface area contributed by atoms with Gasteiger partial charge in [0, 0.05) is 49.4 Å². The van der Waals surface area contributed by atoms with E-state index in [0.29, 0.717) is 31.7 Å². The molecule has 0 radical (unpaired) electrons. The molecule has 0 aromatic heterocycles. The van der Waals surface area contributed by atoms with Crippen molar-refractivity contribution in [1.29, 1.82) is 0 Å². The fourth-order valence-corrected chi connectivity index (χ4v) is 3.38. The minimum Gasteiger partial charge on any atom is -0.341 e. The average molecular weight is 424 g/mol. The lowest BCUT2D eigenvalue weighted by molar-refractivity contribution is -0.384. The van der Waals surface area contributed by atoms with Gasteiger partial charge >= 0.3 is 0 Å². The number of hydrogen-bond donors (Lipinski definition) is 1. The third-order valence-electron chi connectivity index (χ3n) is 5.21. The van der Waals surface area contributed by atoms with Crippen LogP contribution in [0, 0.1) is 17.0 Å². The van der Waals surface area contributed by atoms with Crippen molar-refractivity contribution < 1.29 is 19.3 Å². The van der Waals surface area contributed by atoms with Crippen LogP contribution < -0.4 is 5.32 Å². The van der Waals surface area contributed by atoms with Gasteiger partial charge in [0.1, 0.15) is 6.04 Å². The Morgan fingerprint density at radius 2 is 1.58 bits per heavy atom. The summed E-state index contributed by atoms with van der Waals surface area (Å²) >= 11 is 0. The Hall–Kier alpha value is -3.75. The quantitative estimate of drug-likeness (QED) is 0.583. The highest BCUT2D eigenvalue weighted by molar-refractivity contribution is 5.98. The molecule has 1 aliphatic heterocycles. The molecule has 2 aromatic rings. The van der Waals surface area contributed by atoms with E-state index in [1.54, 1.807) is 28.9 Å². The van der Waals surface area contributed by atoms with Crippen molar-refractivity contribution in [3.05, 3.63) is 75.3 Å². The number of aryl methyl sites for hydroxylation is 1. The van der Waals surface area contributed by atoms with E-state index >= 15 is 0 Å². The van der Waals surface area contributed by atoms with Crippen molar-refractivity contribution in [3.8, 4) is 0 Å². The van der Waals surface area contributed by atoms with Crippen LogP contribution >= 0.6 is 0 Å². The van der Waals surface area contributed by atoms with E-state index in [1.807, 2.05) is 19.1 Å². The molecular weight excluding hydrogens is 400 g/mol. The van der Waals surface area contributed by atoms with Crippen LogP contribution in [0.4, 0.5) is 5.69 Å². The number of nitro benzene ring substituents is 1. The number of piperazine rings is 1. The van der Waals surface area contributed by atoms with Crippen LogP contribution in [0.1, 0.15) is 33.2 Å². The number of rotatable bonds is 5. The predicted octanol–water partition coefficient (Wildman–Crippen LogP) is 2.01. The predicted molar refractivity (Wildman–Crippen MR) is 114 cm³/mol. The van der Waals surface area contributed by atoms with Crippen molar-refractivity contribution in [2.45, 2.75) is 19.9 Å². The second-order valence-corrected chi connectivity index (χ2v) is 7.49. The highest BCUT2D eigenvalue weighted by atomic mass is 16.6. The Morgan fingerprint density at radius 3 is 2.19 bits per heavy atom. The largest absolute Gasteiger partial charge is 0.341 e. The van der Waals surface area contributed by atoms with Crippen LogP contribution in [0.25, 0.3) is 0 Å². The molecular formula is C22H24N4O5. The highest BCUT2D eigenvalue weighted by Crippen LogP contribution is 2.14. The van der Waals surface area contributed by atoms with Crippen molar-refractivity contribution >= 4 is 23.4 Å². The summed E-state index contributed by atoms with van der Waals surface area (Å²) in [5.74, 6) is -0.891. The zero-order valence-electron chi connectivity index (χ0n) is 17.4. The first-order valence-corrected chi connectivity index (χ1v) is 9.96. The first kappa shape index (κ1) is 21.9. The van der Waals surface area contributed by atoms with Gasteiger partial charge in [-0.2, -0.15) is 0 Å². The topological polar surface area (TPSA) is 113 Å². The number of nitro groups is 1. The molecule has 0 aliphatic carbocycles. The molecule has 0 bridgehead atoms. The highest BCUT2D eigenvalue weighted by Gasteiger charge is 2.28.